The highest BCUT2D eigenvalue weighted by Crippen LogP contribution is 2.22. The highest BCUT2D eigenvalue weighted by atomic mass is 32.2. The minimum Gasteiger partial charge on any atom is -0.207 e. The molecule has 0 saturated heterocycles. The second-order valence-electron chi connectivity index (χ2n) is 3.73. The van der Waals surface area contributed by atoms with Crippen molar-refractivity contribution in [2.45, 2.75) is 17.6 Å². The fourth-order valence-electron chi connectivity index (χ4n) is 1.38. The maximum Gasteiger partial charge on any atom is 0.123 e. The van der Waals surface area contributed by atoms with Gasteiger partial charge in [0, 0.05) is 10.6 Å². The van der Waals surface area contributed by atoms with Crippen LogP contribution in [0.1, 0.15) is 11.1 Å². The topological polar surface area (TPSA) is 0 Å². The number of hydrogen-bond acceptors (Lipinski definition) is 1. The molecule has 2 heteroatoms. The molecule has 0 nitrogen and oxygen atoms in total. The van der Waals surface area contributed by atoms with Gasteiger partial charge in [-0.15, -0.1) is 11.8 Å². The Morgan fingerprint density at radius 1 is 0.938 bits per heavy atom. The van der Waals surface area contributed by atoms with E-state index in [0.717, 1.165) is 10.6 Å². The summed E-state index contributed by atoms with van der Waals surface area (Å²) in [6.07, 6.45) is 0. The monoisotopic (exact) mass is 232 g/mol. The second kappa shape index (κ2) is 5.17. The number of thioether (sulfide) groups is 1. The molecule has 0 aliphatic heterocycles. The molecule has 0 unspecified atom stereocenters. The first-order valence-corrected chi connectivity index (χ1v) is 6.16. The smallest absolute Gasteiger partial charge is 0.123 e. The molecule has 0 amide bonds. The first-order valence-electron chi connectivity index (χ1n) is 5.18. The van der Waals surface area contributed by atoms with Crippen molar-refractivity contribution in [3.05, 3.63) is 65.5 Å². The molecular weight excluding hydrogens is 219 g/mol. The number of aryl methyl sites for hydroxylation is 1. The molecule has 2 aromatic carbocycles. The van der Waals surface area contributed by atoms with Gasteiger partial charge in [0.25, 0.3) is 0 Å². The molecule has 2 aromatic rings. The van der Waals surface area contributed by atoms with Crippen LogP contribution in [0.25, 0.3) is 0 Å². The van der Waals surface area contributed by atoms with Gasteiger partial charge in [-0.2, -0.15) is 0 Å². The van der Waals surface area contributed by atoms with Crippen molar-refractivity contribution < 1.29 is 4.39 Å². The molecular formula is C14H13FS. The Balaban J connectivity index is 1.97. The fraction of sp³-hybridized carbons (Fsp3) is 0.143. The van der Waals surface area contributed by atoms with Crippen LogP contribution < -0.4 is 0 Å². The van der Waals surface area contributed by atoms with E-state index in [-0.39, 0.29) is 5.82 Å². The van der Waals surface area contributed by atoms with Crippen LogP contribution in [0.3, 0.4) is 0 Å². The van der Waals surface area contributed by atoms with Gasteiger partial charge in [-0.25, -0.2) is 4.39 Å². The Bertz CT molecular complexity index is 400. The van der Waals surface area contributed by atoms with Gasteiger partial charge in [0.15, 0.2) is 0 Å². The maximum absolute atomic E-state index is 12.7. The van der Waals surface area contributed by atoms with Crippen LogP contribution in [-0.4, -0.2) is 0 Å². The minimum atomic E-state index is -0.181. The van der Waals surface area contributed by atoms with Crippen molar-refractivity contribution in [3.63, 3.8) is 0 Å². The van der Waals surface area contributed by atoms with Crippen LogP contribution in [0.2, 0.25) is 0 Å². The highest BCUT2D eigenvalue weighted by molar-refractivity contribution is 7.98. The lowest BCUT2D eigenvalue weighted by atomic mass is 10.2. The predicted octanol–water partition coefficient (Wildman–Crippen LogP) is 4.43. The van der Waals surface area contributed by atoms with Crippen LogP contribution in [0.5, 0.6) is 0 Å². The number of halogens is 1. The van der Waals surface area contributed by atoms with E-state index in [4.69, 9.17) is 0 Å². The molecule has 82 valence electrons. The van der Waals surface area contributed by atoms with E-state index in [9.17, 15) is 4.39 Å². The zero-order valence-electron chi connectivity index (χ0n) is 9.11. The second-order valence-corrected chi connectivity index (χ2v) is 4.78. The zero-order valence-corrected chi connectivity index (χ0v) is 9.93. The highest BCUT2D eigenvalue weighted by Gasteiger charge is 1.96. The summed E-state index contributed by atoms with van der Waals surface area (Å²) < 4.78 is 12.7. The lowest BCUT2D eigenvalue weighted by molar-refractivity contribution is 0.626. The van der Waals surface area contributed by atoms with Gasteiger partial charge in [-0.1, -0.05) is 29.8 Å². The van der Waals surface area contributed by atoms with Gasteiger partial charge in [0.1, 0.15) is 5.82 Å². The lowest BCUT2D eigenvalue weighted by Gasteiger charge is -2.02. The molecule has 0 spiro atoms. The van der Waals surface area contributed by atoms with E-state index in [1.807, 2.05) is 12.1 Å². The lowest BCUT2D eigenvalue weighted by Crippen LogP contribution is -1.81. The van der Waals surface area contributed by atoms with Gasteiger partial charge in [-0.05, 0) is 36.8 Å². The van der Waals surface area contributed by atoms with Gasteiger partial charge < -0.3 is 0 Å². The Morgan fingerprint density at radius 3 is 2.19 bits per heavy atom. The van der Waals surface area contributed by atoms with Gasteiger partial charge in [0.2, 0.25) is 0 Å². The zero-order chi connectivity index (χ0) is 11.4. The van der Waals surface area contributed by atoms with E-state index >= 15 is 0 Å². The molecule has 0 fully saturated rings. The Kier molecular flexibility index (Phi) is 3.62. The Morgan fingerprint density at radius 2 is 1.56 bits per heavy atom. The quantitative estimate of drug-likeness (QED) is 0.706. The summed E-state index contributed by atoms with van der Waals surface area (Å²) in [6.45, 7) is 2.08. The van der Waals surface area contributed by atoms with E-state index in [1.165, 1.54) is 23.3 Å². The van der Waals surface area contributed by atoms with Crippen LogP contribution >= 0.6 is 11.8 Å². The van der Waals surface area contributed by atoms with Crippen molar-refractivity contribution in [1.29, 1.82) is 0 Å². The Labute approximate surface area is 99.5 Å². The van der Waals surface area contributed by atoms with E-state index < -0.39 is 0 Å². The van der Waals surface area contributed by atoms with Crippen molar-refractivity contribution in [1.82, 2.24) is 0 Å². The molecule has 0 bridgehead atoms. The average Bonchev–Trinajstić information content (AvgIpc) is 2.30. The molecule has 2 rings (SSSR count). The van der Waals surface area contributed by atoms with Crippen molar-refractivity contribution >= 4 is 11.8 Å². The summed E-state index contributed by atoms with van der Waals surface area (Å²) in [4.78, 5) is 1.10. The van der Waals surface area contributed by atoms with Gasteiger partial charge in [0.05, 0.1) is 0 Å². The third kappa shape index (κ3) is 3.11. The largest absolute Gasteiger partial charge is 0.207 e. The molecule has 0 aromatic heterocycles. The molecule has 0 atom stereocenters. The predicted molar refractivity (Wildman–Crippen MR) is 67.1 cm³/mol. The molecule has 16 heavy (non-hydrogen) atoms. The maximum atomic E-state index is 12.7. The fourth-order valence-corrected chi connectivity index (χ4v) is 2.24. The first-order chi connectivity index (χ1) is 7.74. The number of benzene rings is 2. The SMILES string of the molecule is Cc1ccc(CSc2ccc(F)cc2)cc1. The van der Waals surface area contributed by atoms with E-state index in [1.54, 1.807) is 11.8 Å². The third-order valence-electron chi connectivity index (χ3n) is 2.34. The summed E-state index contributed by atoms with van der Waals surface area (Å²) >= 11 is 1.72. The summed E-state index contributed by atoms with van der Waals surface area (Å²) in [6, 6.07) is 15.1. The molecule has 0 aliphatic carbocycles. The summed E-state index contributed by atoms with van der Waals surface area (Å²) in [5.74, 6) is 0.742. The molecule has 0 aliphatic rings. The average molecular weight is 232 g/mol. The molecule has 0 saturated carbocycles. The number of rotatable bonds is 3. The van der Waals surface area contributed by atoms with Crippen molar-refractivity contribution in [2.75, 3.05) is 0 Å². The molecule has 0 N–H and O–H groups in total. The van der Waals surface area contributed by atoms with Gasteiger partial charge >= 0.3 is 0 Å². The Hall–Kier alpha value is -1.28. The third-order valence-corrected chi connectivity index (χ3v) is 3.42. The standard InChI is InChI=1S/C14H13FS/c1-11-2-4-12(5-3-11)10-16-14-8-6-13(15)7-9-14/h2-9H,10H2,1H3. The van der Waals surface area contributed by atoms with Gasteiger partial charge in [-0.3, -0.25) is 0 Å². The van der Waals surface area contributed by atoms with E-state index in [2.05, 4.69) is 31.2 Å². The summed E-state index contributed by atoms with van der Waals surface area (Å²) in [5.41, 5.74) is 2.57. The minimum absolute atomic E-state index is 0.181. The van der Waals surface area contributed by atoms with Crippen molar-refractivity contribution in [2.24, 2.45) is 0 Å². The van der Waals surface area contributed by atoms with Crippen LogP contribution in [0, 0.1) is 12.7 Å². The summed E-state index contributed by atoms with van der Waals surface area (Å²) in [7, 11) is 0. The van der Waals surface area contributed by atoms with Crippen LogP contribution in [-0.2, 0) is 5.75 Å². The summed E-state index contributed by atoms with van der Waals surface area (Å²) in [5, 5.41) is 0. The first kappa shape index (κ1) is 11.2. The van der Waals surface area contributed by atoms with Crippen LogP contribution in [0.4, 0.5) is 4.39 Å². The molecule has 0 heterocycles. The normalized spacial score (nSPS) is 10.4. The van der Waals surface area contributed by atoms with Crippen LogP contribution in [0.15, 0.2) is 53.4 Å². The molecule has 0 radical (unpaired) electrons. The van der Waals surface area contributed by atoms with E-state index in [0.29, 0.717) is 0 Å². The van der Waals surface area contributed by atoms with Crippen molar-refractivity contribution in [3.8, 4) is 0 Å². The number of hydrogen-bond donors (Lipinski definition) is 0.